The predicted octanol–water partition coefficient (Wildman–Crippen LogP) is 3.63. The van der Waals surface area contributed by atoms with E-state index in [2.05, 4.69) is 30.0 Å². The molecule has 0 N–H and O–H groups in total. The van der Waals surface area contributed by atoms with E-state index >= 15 is 0 Å². The Morgan fingerprint density at radius 2 is 1.81 bits per heavy atom. The lowest BCUT2D eigenvalue weighted by Gasteiger charge is -2.30. The van der Waals surface area contributed by atoms with Crippen molar-refractivity contribution in [2.75, 3.05) is 18.0 Å². The second-order valence-corrected chi connectivity index (χ2v) is 6.41. The fourth-order valence-corrected chi connectivity index (χ4v) is 4.07. The molecule has 1 amide bonds. The Kier molecular flexibility index (Phi) is 3.87. The molecule has 1 aromatic carbocycles. The van der Waals surface area contributed by atoms with Crippen molar-refractivity contribution in [3.05, 3.63) is 46.5 Å². The number of anilines is 1. The molecule has 1 aromatic rings. The first-order valence-electron chi connectivity index (χ1n) is 7.00. The van der Waals surface area contributed by atoms with Crippen molar-refractivity contribution >= 4 is 46.0 Å². The van der Waals surface area contributed by atoms with Crippen LogP contribution in [0, 0.1) is 0 Å². The summed E-state index contributed by atoms with van der Waals surface area (Å²) in [6, 6.07) is 8.22. The molecular weight excluding hydrogens is 300 g/mol. The van der Waals surface area contributed by atoms with Crippen LogP contribution in [-0.4, -0.2) is 28.2 Å². The minimum absolute atomic E-state index is 0.0185. The smallest absolute Gasteiger partial charge is 0.268 e. The van der Waals surface area contributed by atoms with Gasteiger partial charge in [0.25, 0.3) is 5.91 Å². The molecule has 0 radical (unpaired) electrons. The summed E-state index contributed by atoms with van der Waals surface area (Å²) in [5.41, 5.74) is 3.26. The van der Waals surface area contributed by atoms with Gasteiger partial charge >= 0.3 is 0 Å². The molecule has 0 aromatic heterocycles. The van der Waals surface area contributed by atoms with Crippen LogP contribution < -0.4 is 4.90 Å². The van der Waals surface area contributed by atoms with Crippen LogP contribution in [0.2, 0.25) is 0 Å². The minimum Gasteiger partial charge on any atom is -0.340 e. The van der Waals surface area contributed by atoms with Crippen molar-refractivity contribution in [3.63, 3.8) is 0 Å². The molecule has 2 heterocycles. The summed E-state index contributed by atoms with van der Waals surface area (Å²) in [6.45, 7) is 5.47. The van der Waals surface area contributed by atoms with E-state index in [4.69, 9.17) is 12.2 Å². The van der Waals surface area contributed by atoms with Gasteiger partial charge in [-0.2, -0.15) is 0 Å². The molecule has 3 nitrogen and oxygen atoms in total. The Hall–Kier alpha value is -1.59. The van der Waals surface area contributed by atoms with E-state index in [0.717, 1.165) is 22.8 Å². The quantitative estimate of drug-likeness (QED) is 0.614. The molecule has 2 aliphatic heterocycles. The first-order chi connectivity index (χ1) is 10.2. The maximum atomic E-state index is 12.5. The second-order valence-electron chi connectivity index (χ2n) is 4.77. The van der Waals surface area contributed by atoms with E-state index in [9.17, 15) is 4.79 Å². The van der Waals surface area contributed by atoms with Crippen molar-refractivity contribution in [3.8, 4) is 0 Å². The standard InChI is InChI=1S/C16H16N2OS2/c1-3-17-12-8-6-5-7-11(12)9-10-13(17)14-15(19)18(4-2)16(20)21-14/h5-10H,3-4H2,1-2H3. The number of benzene rings is 1. The molecule has 108 valence electrons. The molecule has 3 rings (SSSR count). The summed E-state index contributed by atoms with van der Waals surface area (Å²) in [5, 5.41) is 0. The summed E-state index contributed by atoms with van der Waals surface area (Å²) in [4.78, 5) is 17.1. The topological polar surface area (TPSA) is 23.6 Å². The lowest BCUT2D eigenvalue weighted by atomic mass is 10.1. The Bertz CT molecular complexity index is 679. The van der Waals surface area contributed by atoms with E-state index in [1.807, 2.05) is 25.1 Å². The zero-order chi connectivity index (χ0) is 15.0. The summed E-state index contributed by atoms with van der Waals surface area (Å²) in [6.07, 6.45) is 4.09. The highest BCUT2D eigenvalue weighted by atomic mass is 32.2. The van der Waals surface area contributed by atoms with Gasteiger partial charge in [0.2, 0.25) is 0 Å². The Morgan fingerprint density at radius 3 is 2.48 bits per heavy atom. The maximum absolute atomic E-state index is 12.5. The van der Waals surface area contributed by atoms with Crippen molar-refractivity contribution < 1.29 is 4.79 Å². The number of allylic oxidation sites excluding steroid dienone is 1. The highest BCUT2D eigenvalue weighted by Crippen LogP contribution is 2.39. The van der Waals surface area contributed by atoms with E-state index in [1.165, 1.54) is 17.3 Å². The van der Waals surface area contributed by atoms with Crippen molar-refractivity contribution in [1.29, 1.82) is 0 Å². The zero-order valence-electron chi connectivity index (χ0n) is 12.0. The second kappa shape index (κ2) is 5.66. The predicted molar refractivity (Wildman–Crippen MR) is 93.1 cm³/mol. The molecule has 1 saturated heterocycles. The van der Waals surface area contributed by atoms with Crippen molar-refractivity contribution in [2.24, 2.45) is 0 Å². The third-order valence-corrected chi connectivity index (χ3v) is 5.11. The third-order valence-electron chi connectivity index (χ3n) is 3.65. The molecule has 21 heavy (non-hydrogen) atoms. The Morgan fingerprint density at radius 1 is 1.10 bits per heavy atom. The van der Waals surface area contributed by atoms with Crippen LogP contribution in [0.5, 0.6) is 0 Å². The van der Waals surface area contributed by atoms with E-state index in [1.54, 1.807) is 4.90 Å². The Balaban J connectivity index is 2.10. The van der Waals surface area contributed by atoms with Gasteiger partial charge in [-0.25, -0.2) is 0 Å². The number of thiocarbonyl (C=S) groups is 1. The van der Waals surface area contributed by atoms with Gasteiger partial charge in [-0.15, -0.1) is 0 Å². The van der Waals surface area contributed by atoms with E-state index < -0.39 is 0 Å². The van der Waals surface area contributed by atoms with Crippen LogP contribution in [0.25, 0.3) is 6.08 Å². The van der Waals surface area contributed by atoms with Gasteiger partial charge in [-0.05, 0) is 31.6 Å². The summed E-state index contributed by atoms with van der Waals surface area (Å²) < 4.78 is 0.647. The number of rotatable bonds is 2. The minimum atomic E-state index is 0.0185. The Labute approximate surface area is 134 Å². The molecule has 0 spiro atoms. The van der Waals surface area contributed by atoms with Crippen LogP contribution in [-0.2, 0) is 4.79 Å². The summed E-state index contributed by atoms with van der Waals surface area (Å²) >= 11 is 6.71. The highest BCUT2D eigenvalue weighted by molar-refractivity contribution is 8.26. The lowest BCUT2D eigenvalue weighted by molar-refractivity contribution is -0.122. The highest BCUT2D eigenvalue weighted by Gasteiger charge is 2.35. The zero-order valence-corrected chi connectivity index (χ0v) is 13.6. The normalized spacial score (nSPS) is 21.2. The molecule has 5 heteroatoms. The number of likely N-dealkylation sites (N-methyl/N-ethyl adjacent to an activating group) is 2. The summed E-state index contributed by atoms with van der Waals surface area (Å²) in [7, 11) is 0. The van der Waals surface area contributed by atoms with E-state index in [-0.39, 0.29) is 5.91 Å². The number of hydrogen-bond donors (Lipinski definition) is 0. The summed E-state index contributed by atoms with van der Waals surface area (Å²) in [5.74, 6) is 0.0185. The van der Waals surface area contributed by atoms with Crippen molar-refractivity contribution in [2.45, 2.75) is 13.8 Å². The molecule has 1 fully saturated rings. The van der Waals surface area contributed by atoms with Crippen LogP contribution in [0.15, 0.2) is 40.9 Å². The maximum Gasteiger partial charge on any atom is 0.268 e. The fourth-order valence-electron chi connectivity index (χ4n) is 2.63. The number of amides is 1. The number of carbonyl (C=O) groups is 1. The molecule has 0 aliphatic carbocycles. The molecule has 0 unspecified atom stereocenters. The monoisotopic (exact) mass is 316 g/mol. The molecule has 0 atom stereocenters. The van der Waals surface area contributed by atoms with Gasteiger partial charge in [0.05, 0.1) is 5.70 Å². The number of fused-ring (bicyclic) bond motifs is 1. The van der Waals surface area contributed by atoms with Gasteiger partial charge < -0.3 is 4.90 Å². The SMILES string of the molecule is CCN1C(=O)C(=C2C=Cc3ccccc3N2CC)SC1=S. The van der Waals surface area contributed by atoms with E-state index in [0.29, 0.717) is 10.9 Å². The first kappa shape index (κ1) is 14.4. The number of thioether (sulfide) groups is 1. The van der Waals surface area contributed by atoms with Gasteiger partial charge in [-0.3, -0.25) is 9.69 Å². The molecular formula is C16H16N2OS2. The average molecular weight is 316 g/mol. The van der Waals surface area contributed by atoms with Crippen LogP contribution in [0.3, 0.4) is 0 Å². The molecule has 0 bridgehead atoms. The molecule has 2 aliphatic rings. The van der Waals surface area contributed by atoms with Gasteiger partial charge in [0.15, 0.2) is 0 Å². The first-order valence-corrected chi connectivity index (χ1v) is 8.22. The van der Waals surface area contributed by atoms with Gasteiger partial charge in [-0.1, -0.05) is 48.3 Å². The van der Waals surface area contributed by atoms with Crippen LogP contribution in [0.4, 0.5) is 5.69 Å². The number of carbonyl (C=O) groups excluding carboxylic acids is 1. The van der Waals surface area contributed by atoms with Crippen LogP contribution in [0.1, 0.15) is 19.4 Å². The lowest BCUT2D eigenvalue weighted by Crippen LogP contribution is -2.30. The average Bonchev–Trinajstić information content (AvgIpc) is 2.80. The number of hydrogen-bond acceptors (Lipinski definition) is 4. The van der Waals surface area contributed by atoms with Gasteiger partial charge in [0.1, 0.15) is 9.23 Å². The van der Waals surface area contributed by atoms with Crippen LogP contribution >= 0.6 is 24.0 Å². The largest absolute Gasteiger partial charge is 0.340 e. The molecule has 0 saturated carbocycles. The number of para-hydroxylation sites is 1. The number of nitrogens with zero attached hydrogens (tertiary/aromatic N) is 2. The fraction of sp³-hybridized carbons (Fsp3) is 0.250. The van der Waals surface area contributed by atoms with Crippen molar-refractivity contribution in [1.82, 2.24) is 4.90 Å². The third kappa shape index (κ3) is 2.30. The van der Waals surface area contributed by atoms with Gasteiger partial charge in [0, 0.05) is 18.8 Å².